The number of ether oxygens (including phenoxy) is 1. The number of benzene rings is 2. The van der Waals surface area contributed by atoms with Crippen LogP contribution in [0.15, 0.2) is 48.5 Å². The molecule has 0 saturated heterocycles. The molecule has 2 aromatic rings. The average Bonchev–Trinajstić information content (AvgIpc) is 2.34. The smallest absolute Gasteiger partial charge is 0.413 e. The van der Waals surface area contributed by atoms with E-state index >= 15 is 0 Å². The third kappa shape index (κ3) is 2.83. The van der Waals surface area contributed by atoms with E-state index in [1.807, 2.05) is 24.3 Å². The second kappa shape index (κ2) is 4.72. The summed E-state index contributed by atoms with van der Waals surface area (Å²) in [7, 11) is 1.23. The van der Waals surface area contributed by atoms with Gasteiger partial charge in [0.25, 0.3) is 0 Å². The first kappa shape index (κ1) is 12.5. The van der Waals surface area contributed by atoms with Crippen molar-refractivity contribution < 1.29 is 17.9 Å². The number of rotatable bonds is 2. The summed E-state index contributed by atoms with van der Waals surface area (Å²) in [4.78, 5) is 0. The van der Waals surface area contributed by atoms with Crippen LogP contribution in [-0.4, -0.2) is 13.3 Å². The van der Waals surface area contributed by atoms with Crippen molar-refractivity contribution in [1.29, 1.82) is 0 Å². The molecule has 0 spiro atoms. The molecule has 0 radical (unpaired) electrons. The zero-order chi connectivity index (χ0) is 13.2. The lowest BCUT2D eigenvalue weighted by Crippen LogP contribution is -2.04. The second-order valence-electron chi connectivity index (χ2n) is 3.82. The highest BCUT2D eigenvalue weighted by Crippen LogP contribution is 2.26. The standard InChI is InChI=1S/C14H11F3O/c1-18-13(9-14(15,16)17)12-7-6-10-4-2-3-5-11(10)8-12/h2-9H,1H3/b13-9+. The number of hydrogen-bond acceptors (Lipinski definition) is 1. The van der Waals surface area contributed by atoms with E-state index in [4.69, 9.17) is 4.74 Å². The Morgan fingerprint density at radius 2 is 1.72 bits per heavy atom. The molecule has 0 N–H and O–H groups in total. The maximum Gasteiger partial charge on any atom is 0.413 e. The first-order chi connectivity index (χ1) is 8.49. The van der Waals surface area contributed by atoms with Crippen LogP contribution in [0.3, 0.4) is 0 Å². The van der Waals surface area contributed by atoms with Crippen molar-refractivity contribution in [2.75, 3.05) is 7.11 Å². The fraction of sp³-hybridized carbons (Fsp3) is 0.143. The van der Waals surface area contributed by atoms with E-state index < -0.39 is 6.18 Å². The summed E-state index contributed by atoms with van der Waals surface area (Å²) in [5.41, 5.74) is 0.411. The van der Waals surface area contributed by atoms with E-state index in [1.165, 1.54) is 7.11 Å². The summed E-state index contributed by atoms with van der Waals surface area (Å²) in [6, 6.07) is 12.5. The van der Waals surface area contributed by atoms with Crippen LogP contribution in [0.25, 0.3) is 16.5 Å². The predicted molar refractivity (Wildman–Crippen MR) is 65.0 cm³/mol. The second-order valence-corrected chi connectivity index (χ2v) is 3.82. The van der Waals surface area contributed by atoms with Crippen LogP contribution >= 0.6 is 0 Å². The molecule has 2 aromatic carbocycles. The zero-order valence-corrected chi connectivity index (χ0v) is 9.66. The van der Waals surface area contributed by atoms with Gasteiger partial charge in [-0.25, -0.2) is 0 Å². The van der Waals surface area contributed by atoms with Crippen LogP contribution in [0.5, 0.6) is 0 Å². The molecule has 94 valence electrons. The van der Waals surface area contributed by atoms with Gasteiger partial charge in [-0.3, -0.25) is 0 Å². The van der Waals surface area contributed by atoms with Gasteiger partial charge < -0.3 is 4.74 Å². The first-order valence-corrected chi connectivity index (χ1v) is 5.32. The van der Waals surface area contributed by atoms with Crippen LogP contribution in [0, 0.1) is 0 Å². The molecular weight excluding hydrogens is 241 g/mol. The molecular formula is C14H11F3O. The minimum absolute atomic E-state index is 0.164. The zero-order valence-electron chi connectivity index (χ0n) is 9.66. The van der Waals surface area contributed by atoms with Gasteiger partial charge in [0.05, 0.1) is 13.2 Å². The van der Waals surface area contributed by atoms with Gasteiger partial charge in [-0.2, -0.15) is 13.2 Å². The number of fused-ring (bicyclic) bond motifs is 1. The summed E-state index contributed by atoms with van der Waals surface area (Å²) in [6.45, 7) is 0. The third-order valence-electron chi connectivity index (χ3n) is 2.55. The lowest BCUT2D eigenvalue weighted by atomic mass is 10.1. The summed E-state index contributed by atoms with van der Waals surface area (Å²) in [5, 5.41) is 1.85. The minimum atomic E-state index is -4.39. The highest BCUT2D eigenvalue weighted by Gasteiger charge is 2.25. The van der Waals surface area contributed by atoms with Crippen molar-refractivity contribution in [2.24, 2.45) is 0 Å². The van der Waals surface area contributed by atoms with Gasteiger partial charge in [-0.15, -0.1) is 0 Å². The van der Waals surface area contributed by atoms with Gasteiger partial charge >= 0.3 is 6.18 Å². The Bertz CT molecular complexity index is 585. The molecule has 0 atom stereocenters. The number of methoxy groups -OCH3 is 1. The molecule has 0 bridgehead atoms. The van der Waals surface area contributed by atoms with Crippen molar-refractivity contribution in [1.82, 2.24) is 0 Å². The van der Waals surface area contributed by atoms with E-state index in [9.17, 15) is 13.2 Å². The van der Waals surface area contributed by atoms with Crippen LogP contribution in [0.2, 0.25) is 0 Å². The van der Waals surface area contributed by atoms with E-state index in [-0.39, 0.29) is 11.8 Å². The number of halogens is 3. The highest BCUT2D eigenvalue weighted by molar-refractivity contribution is 5.85. The SMILES string of the molecule is CO/C(=C/C(F)(F)F)c1ccc2ccccc2c1. The molecule has 0 fully saturated rings. The molecule has 0 amide bonds. The van der Waals surface area contributed by atoms with E-state index in [2.05, 4.69) is 0 Å². The van der Waals surface area contributed by atoms with Gasteiger partial charge in [-0.1, -0.05) is 36.4 Å². The monoisotopic (exact) mass is 252 g/mol. The summed E-state index contributed by atoms with van der Waals surface area (Å²) < 4.78 is 41.8. The Morgan fingerprint density at radius 1 is 1.06 bits per heavy atom. The van der Waals surface area contributed by atoms with Crippen molar-refractivity contribution in [3.8, 4) is 0 Å². The largest absolute Gasteiger partial charge is 0.496 e. The Balaban J connectivity index is 2.49. The lowest BCUT2D eigenvalue weighted by molar-refractivity contribution is -0.0804. The van der Waals surface area contributed by atoms with Crippen LogP contribution in [0.4, 0.5) is 13.2 Å². The van der Waals surface area contributed by atoms with E-state index in [0.29, 0.717) is 5.56 Å². The lowest BCUT2D eigenvalue weighted by Gasteiger charge is -2.09. The van der Waals surface area contributed by atoms with Gasteiger partial charge in [0.15, 0.2) is 0 Å². The normalized spacial score (nSPS) is 12.8. The molecule has 0 heterocycles. The third-order valence-corrected chi connectivity index (χ3v) is 2.55. The van der Waals surface area contributed by atoms with Gasteiger partial charge in [0.1, 0.15) is 5.76 Å². The van der Waals surface area contributed by atoms with Crippen LogP contribution < -0.4 is 0 Å². The minimum Gasteiger partial charge on any atom is -0.496 e. The van der Waals surface area contributed by atoms with Gasteiger partial charge in [0, 0.05) is 5.56 Å². The summed E-state index contributed by atoms with van der Waals surface area (Å²) in [6.07, 6.45) is -4.23. The van der Waals surface area contributed by atoms with Crippen molar-refractivity contribution in [3.63, 3.8) is 0 Å². The molecule has 2 rings (SSSR count). The summed E-state index contributed by atoms with van der Waals surface area (Å²) >= 11 is 0. The van der Waals surface area contributed by atoms with Crippen LogP contribution in [-0.2, 0) is 4.74 Å². The summed E-state index contributed by atoms with van der Waals surface area (Å²) in [5.74, 6) is -0.187. The molecule has 0 saturated carbocycles. The van der Waals surface area contributed by atoms with Crippen molar-refractivity contribution in [2.45, 2.75) is 6.18 Å². The molecule has 18 heavy (non-hydrogen) atoms. The Morgan fingerprint density at radius 3 is 2.33 bits per heavy atom. The topological polar surface area (TPSA) is 9.23 Å². The van der Waals surface area contributed by atoms with Crippen molar-refractivity contribution >= 4 is 16.5 Å². The quantitative estimate of drug-likeness (QED) is 0.720. The first-order valence-electron chi connectivity index (χ1n) is 5.32. The number of hydrogen-bond donors (Lipinski definition) is 0. The maximum atomic E-state index is 12.3. The number of allylic oxidation sites excluding steroid dienone is 1. The van der Waals surface area contributed by atoms with Gasteiger partial charge in [0.2, 0.25) is 0 Å². The average molecular weight is 252 g/mol. The molecule has 1 nitrogen and oxygen atoms in total. The molecule has 0 unspecified atom stereocenters. The Labute approximate surface area is 102 Å². The predicted octanol–water partition coefficient (Wildman–Crippen LogP) is 4.39. The molecule has 0 aliphatic carbocycles. The highest BCUT2D eigenvalue weighted by atomic mass is 19.4. The van der Waals surface area contributed by atoms with Gasteiger partial charge in [-0.05, 0) is 16.8 Å². The molecule has 0 aliphatic heterocycles. The fourth-order valence-electron chi connectivity index (χ4n) is 1.75. The molecule has 0 aromatic heterocycles. The maximum absolute atomic E-state index is 12.3. The van der Waals surface area contributed by atoms with Crippen molar-refractivity contribution in [3.05, 3.63) is 54.1 Å². The van der Waals surface area contributed by atoms with Crippen LogP contribution in [0.1, 0.15) is 5.56 Å². The molecule has 0 aliphatic rings. The van der Waals surface area contributed by atoms with E-state index in [0.717, 1.165) is 10.8 Å². The Hall–Kier alpha value is -1.97. The van der Waals surface area contributed by atoms with E-state index in [1.54, 1.807) is 18.2 Å². The fourth-order valence-corrected chi connectivity index (χ4v) is 1.75. The Kier molecular flexibility index (Phi) is 3.28. The number of alkyl halides is 3. The molecule has 4 heteroatoms.